The lowest BCUT2D eigenvalue weighted by Crippen LogP contribution is -2.49. The minimum absolute atomic E-state index is 0.0132. The first-order valence-electron chi connectivity index (χ1n) is 7.23. The van der Waals surface area contributed by atoms with Gasteiger partial charge in [0.05, 0.1) is 6.42 Å². The number of amides is 2. The van der Waals surface area contributed by atoms with Crippen LogP contribution in [0.5, 0.6) is 0 Å². The summed E-state index contributed by atoms with van der Waals surface area (Å²) in [5.74, 6) is -0.859. The normalized spacial score (nSPS) is 18.3. The van der Waals surface area contributed by atoms with E-state index in [1.165, 1.54) is 0 Å². The summed E-state index contributed by atoms with van der Waals surface area (Å²) in [6.07, 6.45) is 6.12. The number of carbonyl (C=O) groups excluding carboxylic acids is 1. The van der Waals surface area contributed by atoms with Gasteiger partial charge in [0.2, 0.25) is 0 Å². The number of likely N-dealkylation sites (tertiary alicyclic amines) is 1. The molecule has 1 unspecified atom stereocenters. The highest BCUT2D eigenvalue weighted by Gasteiger charge is 2.28. The predicted molar refractivity (Wildman–Crippen MR) is 77.8 cm³/mol. The van der Waals surface area contributed by atoms with E-state index in [0.717, 1.165) is 30.4 Å². The van der Waals surface area contributed by atoms with Crippen molar-refractivity contribution in [2.75, 3.05) is 6.54 Å². The molecule has 2 N–H and O–H groups in total. The van der Waals surface area contributed by atoms with Crippen molar-refractivity contribution in [2.24, 2.45) is 0 Å². The standard InChI is InChI=1S/C15H21N3O3/c1-11-5-6-16-9-12(11)10-17-15(21)18-7-3-2-4-13(18)8-14(19)20/h5-6,9,13H,2-4,7-8,10H2,1H3,(H,17,21)(H,19,20). The number of nitrogens with one attached hydrogen (secondary N) is 1. The molecule has 0 radical (unpaired) electrons. The van der Waals surface area contributed by atoms with Gasteiger partial charge in [-0.25, -0.2) is 4.79 Å². The number of hydrogen-bond donors (Lipinski definition) is 2. The van der Waals surface area contributed by atoms with Gasteiger partial charge in [-0.3, -0.25) is 9.78 Å². The van der Waals surface area contributed by atoms with Crippen molar-refractivity contribution in [1.29, 1.82) is 0 Å². The highest BCUT2D eigenvalue weighted by Crippen LogP contribution is 2.20. The number of nitrogens with zero attached hydrogens (tertiary/aromatic N) is 2. The zero-order valence-corrected chi connectivity index (χ0v) is 12.2. The Morgan fingerprint density at radius 1 is 1.48 bits per heavy atom. The maximum absolute atomic E-state index is 12.3. The lowest BCUT2D eigenvalue weighted by molar-refractivity contribution is -0.138. The number of carboxylic acids is 1. The number of carboxylic acid groups (broad SMARTS) is 1. The zero-order chi connectivity index (χ0) is 15.2. The molecule has 2 rings (SSSR count). The van der Waals surface area contributed by atoms with Crippen molar-refractivity contribution >= 4 is 12.0 Å². The van der Waals surface area contributed by atoms with Gasteiger partial charge >= 0.3 is 12.0 Å². The molecule has 114 valence electrons. The van der Waals surface area contributed by atoms with Crippen LogP contribution in [0.4, 0.5) is 4.79 Å². The number of piperidine rings is 1. The summed E-state index contributed by atoms with van der Waals surface area (Å²) in [5, 5.41) is 11.8. The van der Waals surface area contributed by atoms with E-state index in [2.05, 4.69) is 10.3 Å². The Morgan fingerprint density at radius 2 is 2.29 bits per heavy atom. The monoisotopic (exact) mass is 291 g/mol. The van der Waals surface area contributed by atoms with E-state index in [1.54, 1.807) is 17.3 Å². The fourth-order valence-corrected chi connectivity index (χ4v) is 2.64. The van der Waals surface area contributed by atoms with Gasteiger partial charge in [-0.1, -0.05) is 0 Å². The van der Waals surface area contributed by atoms with Gasteiger partial charge in [-0.2, -0.15) is 0 Å². The van der Waals surface area contributed by atoms with E-state index < -0.39 is 5.97 Å². The number of urea groups is 1. The molecule has 6 heteroatoms. The molecule has 1 aromatic heterocycles. The Morgan fingerprint density at radius 3 is 3.00 bits per heavy atom. The number of hydrogen-bond acceptors (Lipinski definition) is 3. The first-order chi connectivity index (χ1) is 10.1. The molecule has 0 saturated carbocycles. The second-order valence-electron chi connectivity index (χ2n) is 5.40. The molecule has 1 aromatic rings. The summed E-state index contributed by atoms with van der Waals surface area (Å²) in [7, 11) is 0. The summed E-state index contributed by atoms with van der Waals surface area (Å²) in [4.78, 5) is 28.9. The largest absolute Gasteiger partial charge is 0.481 e. The van der Waals surface area contributed by atoms with Crippen LogP contribution in [0.15, 0.2) is 18.5 Å². The zero-order valence-electron chi connectivity index (χ0n) is 12.2. The quantitative estimate of drug-likeness (QED) is 0.888. The van der Waals surface area contributed by atoms with E-state index in [4.69, 9.17) is 5.11 Å². The van der Waals surface area contributed by atoms with Crippen LogP contribution in [0.1, 0.15) is 36.8 Å². The van der Waals surface area contributed by atoms with Gasteiger partial charge in [-0.15, -0.1) is 0 Å². The third kappa shape index (κ3) is 4.18. The third-order valence-corrected chi connectivity index (χ3v) is 3.88. The Bertz CT molecular complexity index is 519. The van der Waals surface area contributed by atoms with Crippen LogP contribution in [-0.2, 0) is 11.3 Å². The minimum Gasteiger partial charge on any atom is -0.481 e. The smallest absolute Gasteiger partial charge is 0.317 e. The average molecular weight is 291 g/mol. The number of pyridine rings is 1. The molecule has 21 heavy (non-hydrogen) atoms. The summed E-state index contributed by atoms with van der Waals surface area (Å²) >= 11 is 0. The van der Waals surface area contributed by atoms with Crippen molar-refractivity contribution in [3.63, 3.8) is 0 Å². The molecule has 1 atom stereocenters. The first kappa shape index (κ1) is 15.3. The van der Waals surface area contributed by atoms with Crippen molar-refractivity contribution in [1.82, 2.24) is 15.2 Å². The van der Waals surface area contributed by atoms with Gasteiger partial charge in [0.25, 0.3) is 0 Å². The van der Waals surface area contributed by atoms with Gasteiger partial charge in [0.15, 0.2) is 0 Å². The van der Waals surface area contributed by atoms with Gasteiger partial charge < -0.3 is 15.3 Å². The Balaban J connectivity index is 1.94. The molecule has 2 heterocycles. The number of rotatable bonds is 4. The molecule has 2 amide bonds. The summed E-state index contributed by atoms with van der Waals surface area (Å²) in [6.45, 7) is 3.00. The summed E-state index contributed by atoms with van der Waals surface area (Å²) < 4.78 is 0. The average Bonchev–Trinajstić information content (AvgIpc) is 2.46. The SMILES string of the molecule is Cc1ccncc1CNC(=O)N1CCCCC1CC(=O)O. The van der Waals surface area contributed by atoms with Crippen molar-refractivity contribution in [2.45, 2.75) is 45.2 Å². The summed E-state index contributed by atoms with van der Waals surface area (Å²) in [6, 6.07) is 1.51. The van der Waals surface area contributed by atoms with E-state index in [1.807, 2.05) is 13.0 Å². The van der Waals surface area contributed by atoms with Gasteiger partial charge in [0.1, 0.15) is 0 Å². The van der Waals surface area contributed by atoms with Crippen LogP contribution in [0.3, 0.4) is 0 Å². The predicted octanol–water partition coefficient (Wildman–Crippen LogP) is 1.93. The number of carbonyl (C=O) groups is 2. The molecule has 6 nitrogen and oxygen atoms in total. The van der Waals surface area contributed by atoms with E-state index in [-0.39, 0.29) is 18.5 Å². The Kier molecular flexibility index (Phi) is 5.14. The van der Waals surface area contributed by atoms with Crippen molar-refractivity contribution in [3.05, 3.63) is 29.6 Å². The molecule has 1 saturated heterocycles. The first-order valence-corrected chi connectivity index (χ1v) is 7.23. The van der Waals surface area contributed by atoms with E-state index >= 15 is 0 Å². The maximum atomic E-state index is 12.3. The fourth-order valence-electron chi connectivity index (χ4n) is 2.64. The van der Waals surface area contributed by atoms with Gasteiger partial charge in [-0.05, 0) is 43.4 Å². The molecule has 0 spiro atoms. The highest BCUT2D eigenvalue weighted by molar-refractivity contribution is 5.76. The van der Waals surface area contributed by atoms with Crippen LogP contribution in [0, 0.1) is 6.92 Å². The lowest BCUT2D eigenvalue weighted by Gasteiger charge is -2.35. The summed E-state index contributed by atoms with van der Waals surface area (Å²) in [5.41, 5.74) is 2.05. The second kappa shape index (κ2) is 7.06. The van der Waals surface area contributed by atoms with Crippen LogP contribution < -0.4 is 5.32 Å². The third-order valence-electron chi connectivity index (χ3n) is 3.88. The van der Waals surface area contributed by atoms with E-state index in [9.17, 15) is 9.59 Å². The number of aromatic nitrogens is 1. The molecule has 1 aliphatic heterocycles. The van der Waals surface area contributed by atoms with Crippen molar-refractivity contribution < 1.29 is 14.7 Å². The number of aryl methyl sites for hydroxylation is 1. The van der Waals surface area contributed by atoms with Crippen LogP contribution >= 0.6 is 0 Å². The molecule has 0 aromatic carbocycles. The molecule has 1 aliphatic rings. The molecular weight excluding hydrogens is 270 g/mol. The lowest BCUT2D eigenvalue weighted by atomic mass is 10.00. The Hall–Kier alpha value is -2.11. The van der Waals surface area contributed by atoms with Crippen LogP contribution in [0.25, 0.3) is 0 Å². The van der Waals surface area contributed by atoms with E-state index in [0.29, 0.717) is 13.1 Å². The maximum Gasteiger partial charge on any atom is 0.317 e. The molecule has 0 bridgehead atoms. The Labute approximate surface area is 124 Å². The van der Waals surface area contributed by atoms with Crippen LogP contribution in [0.2, 0.25) is 0 Å². The van der Waals surface area contributed by atoms with Crippen LogP contribution in [-0.4, -0.2) is 39.6 Å². The molecular formula is C15H21N3O3. The topological polar surface area (TPSA) is 82.5 Å². The van der Waals surface area contributed by atoms with Crippen molar-refractivity contribution in [3.8, 4) is 0 Å². The second-order valence-corrected chi connectivity index (χ2v) is 5.40. The molecule has 0 aliphatic carbocycles. The fraction of sp³-hybridized carbons (Fsp3) is 0.533. The minimum atomic E-state index is -0.859. The molecule has 1 fully saturated rings. The van der Waals surface area contributed by atoms with Gasteiger partial charge in [0, 0.05) is 31.5 Å². The highest BCUT2D eigenvalue weighted by atomic mass is 16.4. The number of aliphatic carboxylic acids is 1.